The molecule has 0 aromatic carbocycles. The summed E-state index contributed by atoms with van der Waals surface area (Å²) in [5, 5.41) is 10.6. The van der Waals surface area contributed by atoms with Crippen LogP contribution < -0.4 is 0 Å². The lowest BCUT2D eigenvalue weighted by atomic mass is 10.1. The summed E-state index contributed by atoms with van der Waals surface area (Å²) < 4.78 is 5.66. The molecule has 1 unspecified atom stereocenters. The first kappa shape index (κ1) is 8.95. The molecule has 0 radical (unpaired) electrons. The maximum atomic E-state index is 8.75. The summed E-state index contributed by atoms with van der Waals surface area (Å²) in [4.78, 5) is 5.50. The maximum Gasteiger partial charge on any atom is 0.169 e. The first-order valence-electron chi connectivity index (χ1n) is 4.49. The van der Waals surface area contributed by atoms with E-state index in [0.717, 1.165) is 0 Å². The lowest BCUT2D eigenvalue weighted by Gasteiger charge is -2.30. The molecule has 0 aliphatic carbocycles. The molecule has 2 aliphatic rings. The fourth-order valence-electron chi connectivity index (χ4n) is 2.06. The second kappa shape index (κ2) is 2.44. The average Bonchev–Trinajstić information content (AvgIpc) is 2.49. The van der Waals surface area contributed by atoms with Crippen LogP contribution in [0.1, 0.15) is 27.2 Å². The van der Waals surface area contributed by atoms with Gasteiger partial charge in [0.15, 0.2) is 6.10 Å². The zero-order valence-electron chi connectivity index (χ0n) is 8.20. The van der Waals surface area contributed by atoms with E-state index in [1.165, 1.54) is 0 Å². The minimum atomic E-state index is -0.399. The molecule has 0 aromatic rings. The normalized spacial score (nSPS) is 43.1. The smallest absolute Gasteiger partial charge is 0.169 e. The van der Waals surface area contributed by atoms with Crippen LogP contribution in [0.25, 0.3) is 0 Å². The summed E-state index contributed by atoms with van der Waals surface area (Å²) in [6.45, 7) is 6.73. The summed E-state index contributed by atoms with van der Waals surface area (Å²) >= 11 is 0. The SMILES string of the molecule is CC1(C)CO[C@]2(C)CC(C#N)ON12. The van der Waals surface area contributed by atoms with Crippen LogP contribution in [0.5, 0.6) is 0 Å². The van der Waals surface area contributed by atoms with E-state index in [0.29, 0.717) is 13.0 Å². The zero-order valence-corrected chi connectivity index (χ0v) is 8.20. The van der Waals surface area contributed by atoms with Crippen molar-refractivity contribution in [2.45, 2.75) is 44.6 Å². The topological polar surface area (TPSA) is 45.5 Å². The molecule has 0 aromatic heterocycles. The van der Waals surface area contributed by atoms with Crippen LogP contribution in [-0.4, -0.2) is 29.0 Å². The van der Waals surface area contributed by atoms with Crippen molar-refractivity contribution >= 4 is 0 Å². The number of hydroxylamine groups is 2. The Kier molecular flexibility index (Phi) is 1.68. The van der Waals surface area contributed by atoms with Crippen LogP contribution >= 0.6 is 0 Å². The van der Waals surface area contributed by atoms with Crippen LogP contribution in [-0.2, 0) is 9.57 Å². The van der Waals surface area contributed by atoms with Crippen LogP contribution in [0, 0.1) is 11.3 Å². The Morgan fingerprint density at radius 1 is 1.46 bits per heavy atom. The van der Waals surface area contributed by atoms with Gasteiger partial charge in [-0.15, -0.1) is 5.06 Å². The molecule has 4 heteroatoms. The second-order valence-electron chi connectivity index (χ2n) is 4.50. The van der Waals surface area contributed by atoms with Crippen molar-refractivity contribution in [3.8, 4) is 6.07 Å². The van der Waals surface area contributed by atoms with Gasteiger partial charge >= 0.3 is 0 Å². The maximum absolute atomic E-state index is 8.75. The number of hydrogen-bond donors (Lipinski definition) is 0. The van der Waals surface area contributed by atoms with Gasteiger partial charge in [-0.1, -0.05) is 0 Å². The summed E-state index contributed by atoms with van der Waals surface area (Å²) in [7, 11) is 0. The Hall–Kier alpha value is -0.630. The van der Waals surface area contributed by atoms with Gasteiger partial charge in [-0.3, -0.25) is 4.84 Å². The second-order valence-corrected chi connectivity index (χ2v) is 4.50. The zero-order chi connectivity index (χ0) is 9.69. The largest absolute Gasteiger partial charge is 0.356 e. The lowest BCUT2D eigenvalue weighted by Crippen LogP contribution is -2.45. The Bertz CT molecular complexity index is 271. The third kappa shape index (κ3) is 1.16. The Morgan fingerprint density at radius 2 is 2.15 bits per heavy atom. The summed E-state index contributed by atoms with van der Waals surface area (Å²) in [5.74, 6) is 0. The molecule has 2 rings (SSSR count). The molecule has 2 heterocycles. The van der Waals surface area contributed by atoms with Gasteiger partial charge in [0.1, 0.15) is 5.72 Å². The Balaban J connectivity index is 2.25. The van der Waals surface area contributed by atoms with Crippen molar-refractivity contribution < 1.29 is 9.57 Å². The van der Waals surface area contributed by atoms with Gasteiger partial charge < -0.3 is 4.74 Å². The van der Waals surface area contributed by atoms with Crippen LogP contribution in [0.3, 0.4) is 0 Å². The number of fused-ring (bicyclic) bond motifs is 1. The van der Waals surface area contributed by atoms with E-state index in [-0.39, 0.29) is 11.6 Å². The van der Waals surface area contributed by atoms with Crippen molar-refractivity contribution in [2.24, 2.45) is 0 Å². The summed E-state index contributed by atoms with van der Waals surface area (Å²) in [6, 6.07) is 2.11. The molecule has 0 spiro atoms. The molecule has 2 fully saturated rings. The van der Waals surface area contributed by atoms with Gasteiger partial charge in [-0.25, -0.2) is 0 Å². The van der Waals surface area contributed by atoms with Crippen molar-refractivity contribution in [2.75, 3.05) is 6.61 Å². The van der Waals surface area contributed by atoms with Crippen molar-refractivity contribution in [3.05, 3.63) is 0 Å². The highest BCUT2D eigenvalue weighted by Gasteiger charge is 2.56. The molecule has 72 valence electrons. The van der Waals surface area contributed by atoms with E-state index in [4.69, 9.17) is 14.8 Å². The number of rotatable bonds is 0. The summed E-state index contributed by atoms with van der Waals surface area (Å²) in [5.41, 5.74) is -0.524. The van der Waals surface area contributed by atoms with E-state index in [9.17, 15) is 0 Å². The molecular formula is C9H14N2O2. The van der Waals surface area contributed by atoms with Crippen molar-refractivity contribution in [1.82, 2.24) is 5.06 Å². The molecular weight excluding hydrogens is 168 g/mol. The third-order valence-electron chi connectivity index (χ3n) is 2.66. The number of nitrogens with zero attached hydrogens (tertiary/aromatic N) is 2. The van der Waals surface area contributed by atoms with Crippen molar-refractivity contribution in [1.29, 1.82) is 5.26 Å². The van der Waals surface area contributed by atoms with Gasteiger partial charge in [0.2, 0.25) is 0 Å². The lowest BCUT2D eigenvalue weighted by molar-refractivity contribution is -0.228. The third-order valence-corrected chi connectivity index (χ3v) is 2.66. The standard InChI is InChI=1S/C9H14N2O2/c1-8(2)6-12-9(3)4-7(5-10)13-11(8)9/h7H,4,6H2,1-3H3/t7?,9-/m1/s1. The molecule has 0 saturated carbocycles. The highest BCUT2D eigenvalue weighted by Crippen LogP contribution is 2.43. The minimum Gasteiger partial charge on any atom is -0.356 e. The predicted octanol–water partition coefficient (Wildman–Crippen LogP) is 1.04. The van der Waals surface area contributed by atoms with Crippen LogP contribution in [0.2, 0.25) is 0 Å². The average molecular weight is 182 g/mol. The molecule has 2 aliphatic heterocycles. The van der Waals surface area contributed by atoms with Gasteiger partial charge in [-0.2, -0.15) is 5.26 Å². The first-order chi connectivity index (χ1) is 5.98. The van der Waals surface area contributed by atoms with E-state index in [1.54, 1.807) is 0 Å². The Morgan fingerprint density at radius 3 is 2.69 bits per heavy atom. The first-order valence-corrected chi connectivity index (χ1v) is 4.49. The van der Waals surface area contributed by atoms with Crippen LogP contribution in [0.4, 0.5) is 0 Å². The molecule has 2 saturated heterocycles. The Labute approximate surface area is 78.0 Å². The molecule has 4 nitrogen and oxygen atoms in total. The van der Waals surface area contributed by atoms with E-state index < -0.39 is 5.72 Å². The van der Waals surface area contributed by atoms with E-state index >= 15 is 0 Å². The molecule has 0 amide bonds. The quantitative estimate of drug-likeness (QED) is 0.561. The molecule has 2 atom stereocenters. The van der Waals surface area contributed by atoms with E-state index in [2.05, 4.69) is 19.9 Å². The fraction of sp³-hybridized carbons (Fsp3) is 0.889. The van der Waals surface area contributed by atoms with E-state index in [1.807, 2.05) is 12.0 Å². The monoisotopic (exact) mass is 182 g/mol. The van der Waals surface area contributed by atoms with Gasteiger partial charge in [0.05, 0.1) is 18.2 Å². The molecule has 13 heavy (non-hydrogen) atoms. The minimum absolute atomic E-state index is 0.125. The van der Waals surface area contributed by atoms with Crippen LogP contribution in [0.15, 0.2) is 0 Å². The highest BCUT2D eigenvalue weighted by atomic mass is 16.8. The highest BCUT2D eigenvalue weighted by molar-refractivity contribution is 5.02. The van der Waals surface area contributed by atoms with Gasteiger partial charge in [0.25, 0.3) is 0 Å². The number of ether oxygens (including phenoxy) is 1. The number of hydrogen-bond acceptors (Lipinski definition) is 4. The summed E-state index contributed by atoms with van der Waals surface area (Å²) in [6.07, 6.45) is 0.275. The van der Waals surface area contributed by atoms with Gasteiger partial charge in [0, 0.05) is 6.42 Å². The molecule has 0 N–H and O–H groups in total. The molecule has 0 bridgehead atoms. The number of nitriles is 1. The predicted molar refractivity (Wildman–Crippen MR) is 45.4 cm³/mol. The fourth-order valence-corrected chi connectivity index (χ4v) is 2.06. The van der Waals surface area contributed by atoms with Gasteiger partial charge in [-0.05, 0) is 20.8 Å². The van der Waals surface area contributed by atoms with Crippen molar-refractivity contribution in [3.63, 3.8) is 0 Å².